The second kappa shape index (κ2) is 4.45. The second-order valence-electron chi connectivity index (χ2n) is 2.38. The molecule has 2 atom stereocenters. The Kier molecular flexibility index (Phi) is 3.53. The van der Waals surface area contributed by atoms with Crippen LogP contribution in [0.25, 0.3) is 0 Å². The van der Waals surface area contributed by atoms with Gasteiger partial charge in [0.15, 0.2) is 0 Å². The van der Waals surface area contributed by atoms with Gasteiger partial charge in [-0.15, -0.1) is 0 Å². The molecule has 0 spiro atoms. The minimum Gasteiger partial charge on any atom is -0.369 e. The van der Waals surface area contributed by atoms with E-state index in [-0.39, 0.29) is 6.17 Å². The van der Waals surface area contributed by atoms with Crippen LogP contribution >= 0.6 is 15.9 Å². The number of nitrogens with one attached hydrogen (secondary N) is 1. The van der Waals surface area contributed by atoms with Crippen LogP contribution in [-0.2, 0) is 0 Å². The molecule has 2 rings (SSSR count). The molecule has 0 bridgehead atoms. The van der Waals surface area contributed by atoms with E-state index in [0.717, 1.165) is 4.48 Å². The topological polar surface area (TPSA) is 24.4 Å². The molecule has 66 valence electrons. The third-order valence-corrected chi connectivity index (χ3v) is 2.13. The summed E-state index contributed by atoms with van der Waals surface area (Å²) >= 11 is 3.37. The largest absolute Gasteiger partial charge is 0.369 e. The minimum absolute atomic E-state index is 0.251. The maximum atomic E-state index is 4.26. The van der Waals surface area contributed by atoms with Gasteiger partial charge in [-0.05, 0) is 22.1 Å². The summed E-state index contributed by atoms with van der Waals surface area (Å²) in [6.45, 7) is 4.00. The van der Waals surface area contributed by atoms with Gasteiger partial charge in [-0.1, -0.05) is 26.0 Å². The highest BCUT2D eigenvalue weighted by atomic mass is 79.9. The highest BCUT2D eigenvalue weighted by molar-refractivity contribution is 9.12. The molecule has 0 radical (unpaired) electrons. The second-order valence-corrected chi connectivity index (χ2v) is 3.29. The third-order valence-electron chi connectivity index (χ3n) is 1.66. The maximum Gasteiger partial charge on any atom is 0.128 e. The van der Waals surface area contributed by atoms with E-state index in [1.165, 1.54) is 0 Å². The zero-order chi connectivity index (χ0) is 8.97. The van der Waals surface area contributed by atoms with E-state index >= 15 is 0 Å². The molecule has 2 aliphatic rings. The molecular formula is C9H13BrN2. The van der Waals surface area contributed by atoms with Gasteiger partial charge in [0.1, 0.15) is 6.17 Å². The van der Waals surface area contributed by atoms with E-state index in [2.05, 4.69) is 38.4 Å². The summed E-state index contributed by atoms with van der Waals surface area (Å²) in [5.41, 5.74) is 0. The fraction of sp³-hybridized carbons (Fsp3) is 0.444. The molecule has 0 fully saturated rings. The number of allylic oxidation sites excluding steroid dienone is 1. The lowest BCUT2D eigenvalue weighted by atomic mass is 10.1. The summed E-state index contributed by atoms with van der Waals surface area (Å²) in [6, 6.07) is 0. The lowest BCUT2D eigenvalue weighted by Crippen LogP contribution is -2.25. The van der Waals surface area contributed by atoms with E-state index in [4.69, 9.17) is 0 Å². The van der Waals surface area contributed by atoms with Crippen molar-refractivity contribution in [3.05, 3.63) is 22.8 Å². The van der Waals surface area contributed by atoms with Gasteiger partial charge in [0.2, 0.25) is 0 Å². The summed E-state index contributed by atoms with van der Waals surface area (Å²) in [6.07, 6.45) is 8.30. The van der Waals surface area contributed by atoms with Gasteiger partial charge in [0, 0.05) is 16.6 Å². The van der Waals surface area contributed by atoms with Crippen molar-refractivity contribution in [3.8, 4) is 0 Å². The molecule has 0 aromatic carbocycles. The summed E-state index contributed by atoms with van der Waals surface area (Å²) in [5, 5.41) is 3.14. The molecule has 12 heavy (non-hydrogen) atoms. The predicted octanol–water partition coefficient (Wildman–Crippen LogP) is 2.44. The molecule has 2 aliphatic heterocycles. The Labute approximate surface area is 81.6 Å². The van der Waals surface area contributed by atoms with Crippen LogP contribution in [0.2, 0.25) is 0 Å². The molecule has 3 heteroatoms. The van der Waals surface area contributed by atoms with Gasteiger partial charge >= 0.3 is 0 Å². The zero-order valence-corrected chi connectivity index (χ0v) is 8.88. The summed E-state index contributed by atoms with van der Waals surface area (Å²) in [5.74, 6) is 0.444. The van der Waals surface area contributed by atoms with Crippen molar-refractivity contribution < 1.29 is 0 Å². The molecule has 0 aromatic rings. The fourth-order valence-corrected chi connectivity index (χ4v) is 1.57. The monoisotopic (exact) mass is 228 g/mol. The SMILES string of the molecule is BrC1=CC2C=CNC2N=C1.CC. The maximum absolute atomic E-state index is 4.26. The Balaban J connectivity index is 0.000000336. The molecule has 0 aliphatic carbocycles. The molecular weight excluding hydrogens is 216 g/mol. The predicted molar refractivity (Wildman–Crippen MR) is 56.4 cm³/mol. The smallest absolute Gasteiger partial charge is 0.128 e. The normalized spacial score (nSPS) is 29.8. The Bertz CT molecular complexity index is 231. The number of halogens is 1. The van der Waals surface area contributed by atoms with Crippen molar-refractivity contribution in [2.45, 2.75) is 20.0 Å². The molecule has 2 heterocycles. The highest BCUT2D eigenvalue weighted by Crippen LogP contribution is 2.22. The Hall–Kier alpha value is -0.570. The average molecular weight is 229 g/mol. The van der Waals surface area contributed by atoms with Crippen LogP contribution in [0.5, 0.6) is 0 Å². The van der Waals surface area contributed by atoms with Crippen molar-refractivity contribution in [3.63, 3.8) is 0 Å². The van der Waals surface area contributed by atoms with Crippen molar-refractivity contribution in [2.24, 2.45) is 10.9 Å². The van der Waals surface area contributed by atoms with Gasteiger partial charge in [-0.3, -0.25) is 4.99 Å². The van der Waals surface area contributed by atoms with E-state index in [0.29, 0.717) is 5.92 Å². The molecule has 0 aromatic heterocycles. The van der Waals surface area contributed by atoms with Crippen molar-refractivity contribution in [1.29, 1.82) is 0 Å². The van der Waals surface area contributed by atoms with E-state index in [1.54, 1.807) is 0 Å². The first-order valence-corrected chi connectivity index (χ1v) is 4.99. The van der Waals surface area contributed by atoms with E-state index in [1.807, 2.05) is 26.3 Å². The first kappa shape index (κ1) is 9.52. The average Bonchev–Trinajstić information content (AvgIpc) is 2.54. The van der Waals surface area contributed by atoms with Gasteiger partial charge in [0.05, 0.1) is 0 Å². The Morgan fingerprint density at radius 3 is 3.00 bits per heavy atom. The molecule has 1 N–H and O–H groups in total. The van der Waals surface area contributed by atoms with Crippen LogP contribution in [0, 0.1) is 5.92 Å². The fourth-order valence-electron chi connectivity index (χ4n) is 1.15. The van der Waals surface area contributed by atoms with Gasteiger partial charge in [-0.25, -0.2) is 0 Å². The summed E-state index contributed by atoms with van der Waals surface area (Å²) in [7, 11) is 0. The first-order chi connectivity index (χ1) is 5.86. The highest BCUT2D eigenvalue weighted by Gasteiger charge is 2.21. The molecule has 0 saturated carbocycles. The van der Waals surface area contributed by atoms with Crippen molar-refractivity contribution >= 4 is 22.1 Å². The van der Waals surface area contributed by atoms with Crippen LogP contribution in [0.4, 0.5) is 0 Å². The standard InChI is InChI=1S/C7H7BrN2.C2H6/c8-6-3-5-1-2-9-7(5)10-4-6;1-2/h1-5,7,9H;1-2H3. The lowest BCUT2D eigenvalue weighted by Gasteiger charge is -2.15. The van der Waals surface area contributed by atoms with Crippen molar-refractivity contribution in [1.82, 2.24) is 5.32 Å². The van der Waals surface area contributed by atoms with Crippen LogP contribution in [-0.4, -0.2) is 12.4 Å². The van der Waals surface area contributed by atoms with Crippen LogP contribution in [0.1, 0.15) is 13.8 Å². The third kappa shape index (κ3) is 1.97. The van der Waals surface area contributed by atoms with E-state index in [9.17, 15) is 0 Å². The molecule has 0 saturated heterocycles. The zero-order valence-electron chi connectivity index (χ0n) is 7.29. The minimum atomic E-state index is 0.251. The summed E-state index contributed by atoms with van der Waals surface area (Å²) < 4.78 is 1.07. The van der Waals surface area contributed by atoms with Crippen LogP contribution in [0.3, 0.4) is 0 Å². The van der Waals surface area contributed by atoms with Crippen LogP contribution in [0.15, 0.2) is 27.8 Å². The van der Waals surface area contributed by atoms with E-state index < -0.39 is 0 Å². The molecule has 0 amide bonds. The first-order valence-electron chi connectivity index (χ1n) is 4.19. The summed E-state index contributed by atoms with van der Waals surface area (Å²) in [4.78, 5) is 4.26. The Morgan fingerprint density at radius 2 is 2.25 bits per heavy atom. The quantitative estimate of drug-likeness (QED) is 0.677. The number of hydrogen-bond acceptors (Lipinski definition) is 2. The molecule has 2 unspecified atom stereocenters. The number of hydrogen-bond donors (Lipinski definition) is 1. The number of nitrogens with zero attached hydrogens (tertiary/aromatic N) is 1. The number of rotatable bonds is 0. The van der Waals surface area contributed by atoms with Crippen molar-refractivity contribution in [2.75, 3.05) is 0 Å². The number of aliphatic imine (C=N–C) groups is 1. The Morgan fingerprint density at radius 1 is 1.50 bits per heavy atom. The lowest BCUT2D eigenvalue weighted by molar-refractivity contribution is 0.571. The number of fused-ring (bicyclic) bond motifs is 1. The van der Waals surface area contributed by atoms with Gasteiger partial charge in [0.25, 0.3) is 0 Å². The van der Waals surface area contributed by atoms with Gasteiger partial charge < -0.3 is 5.32 Å². The number of dihydropyridines is 1. The van der Waals surface area contributed by atoms with Crippen LogP contribution < -0.4 is 5.32 Å². The molecule has 2 nitrogen and oxygen atoms in total. The van der Waals surface area contributed by atoms with Gasteiger partial charge in [-0.2, -0.15) is 0 Å².